The van der Waals surface area contributed by atoms with Crippen molar-refractivity contribution in [3.8, 4) is 6.07 Å². The van der Waals surface area contributed by atoms with Gasteiger partial charge in [0.15, 0.2) is 0 Å². The SMILES string of the molecule is CC(CNS(=O)(=O)c1cc(Cl)ccc1C#N)CC(=O)O. The molecule has 20 heavy (non-hydrogen) atoms. The van der Waals surface area contributed by atoms with E-state index < -0.39 is 16.0 Å². The number of rotatable bonds is 6. The first-order valence-corrected chi connectivity index (χ1v) is 7.53. The highest BCUT2D eigenvalue weighted by atomic mass is 35.5. The molecule has 1 aromatic carbocycles. The molecule has 108 valence electrons. The summed E-state index contributed by atoms with van der Waals surface area (Å²) < 4.78 is 26.5. The fourth-order valence-electron chi connectivity index (χ4n) is 1.51. The van der Waals surface area contributed by atoms with Gasteiger partial charge in [0.2, 0.25) is 10.0 Å². The molecule has 0 bridgehead atoms. The van der Waals surface area contributed by atoms with Gasteiger partial charge in [-0.3, -0.25) is 4.79 Å². The molecular formula is C12H13ClN2O4S. The van der Waals surface area contributed by atoms with E-state index in [1.54, 1.807) is 13.0 Å². The molecule has 0 radical (unpaired) electrons. The second-order valence-electron chi connectivity index (χ2n) is 4.31. The molecular weight excluding hydrogens is 304 g/mol. The van der Waals surface area contributed by atoms with Gasteiger partial charge in [0.05, 0.1) is 5.56 Å². The Morgan fingerprint density at radius 1 is 1.55 bits per heavy atom. The van der Waals surface area contributed by atoms with Gasteiger partial charge in [-0.05, 0) is 24.1 Å². The Bertz CT molecular complexity index is 652. The Balaban J connectivity index is 2.92. The van der Waals surface area contributed by atoms with Crippen LogP contribution in [0, 0.1) is 17.2 Å². The standard InChI is InChI=1S/C12H13ClN2O4S/c1-8(4-12(16)17)7-15-20(18,19)11-5-10(13)3-2-9(11)6-14/h2-3,5,8,15H,4,7H2,1H3,(H,16,17). The normalized spacial score (nSPS) is 12.7. The largest absolute Gasteiger partial charge is 0.481 e. The van der Waals surface area contributed by atoms with Gasteiger partial charge >= 0.3 is 5.97 Å². The van der Waals surface area contributed by atoms with Crippen LogP contribution in [0.5, 0.6) is 0 Å². The fourth-order valence-corrected chi connectivity index (χ4v) is 3.09. The van der Waals surface area contributed by atoms with Crippen molar-refractivity contribution in [2.75, 3.05) is 6.54 Å². The molecule has 1 atom stereocenters. The second kappa shape index (κ2) is 6.70. The maximum absolute atomic E-state index is 12.1. The molecule has 0 aliphatic carbocycles. The number of carboxylic acids is 1. The number of nitriles is 1. The highest BCUT2D eigenvalue weighted by Gasteiger charge is 2.20. The minimum Gasteiger partial charge on any atom is -0.481 e. The summed E-state index contributed by atoms with van der Waals surface area (Å²) >= 11 is 5.73. The molecule has 1 rings (SSSR count). The topological polar surface area (TPSA) is 107 Å². The van der Waals surface area contributed by atoms with Crippen molar-refractivity contribution in [3.05, 3.63) is 28.8 Å². The number of halogens is 1. The summed E-state index contributed by atoms with van der Waals surface area (Å²) in [6.45, 7) is 1.58. The van der Waals surface area contributed by atoms with Gasteiger partial charge in [0, 0.05) is 18.0 Å². The van der Waals surface area contributed by atoms with E-state index in [1.165, 1.54) is 18.2 Å². The first kappa shape index (κ1) is 16.4. The molecule has 0 spiro atoms. The van der Waals surface area contributed by atoms with Crippen LogP contribution in [-0.4, -0.2) is 26.0 Å². The quantitative estimate of drug-likeness (QED) is 0.829. The number of nitrogens with one attached hydrogen (secondary N) is 1. The predicted octanol–water partition coefficient (Wildman–Crippen LogP) is 1.60. The van der Waals surface area contributed by atoms with Crippen LogP contribution >= 0.6 is 11.6 Å². The van der Waals surface area contributed by atoms with Crippen molar-refractivity contribution >= 4 is 27.6 Å². The van der Waals surface area contributed by atoms with E-state index in [0.29, 0.717) is 0 Å². The lowest BCUT2D eigenvalue weighted by Crippen LogP contribution is -2.29. The van der Waals surface area contributed by atoms with Gasteiger partial charge in [-0.1, -0.05) is 18.5 Å². The van der Waals surface area contributed by atoms with Crippen LogP contribution in [-0.2, 0) is 14.8 Å². The van der Waals surface area contributed by atoms with E-state index in [0.717, 1.165) is 0 Å². The molecule has 0 heterocycles. The fraction of sp³-hybridized carbons (Fsp3) is 0.333. The molecule has 0 amide bonds. The number of aliphatic carboxylic acids is 1. The molecule has 6 nitrogen and oxygen atoms in total. The van der Waals surface area contributed by atoms with Crippen LogP contribution < -0.4 is 4.72 Å². The molecule has 0 aliphatic heterocycles. The monoisotopic (exact) mass is 316 g/mol. The van der Waals surface area contributed by atoms with Crippen LogP contribution in [0.4, 0.5) is 0 Å². The van der Waals surface area contributed by atoms with E-state index in [1.807, 2.05) is 0 Å². The number of nitrogens with zero attached hydrogens (tertiary/aromatic N) is 1. The van der Waals surface area contributed by atoms with E-state index in [4.69, 9.17) is 22.0 Å². The Hall–Kier alpha value is -1.62. The Labute approximate surface area is 122 Å². The van der Waals surface area contributed by atoms with Crippen LogP contribution in [0.2, 0.25) is 5.02 Å². The summed E-state index contributed by atoms with van der Waals surface area (Å²) in [7, 11) is -3.91. The summed E-state index contributed by atoms with van der Waals surface area (Å²) in [5, 5.41) is 17.7. The van der Waals surface area contributed by atoms with Crippen LogP contribution in [0.1, 0.15) is 18.9 Å². The predicted molar refractivity (Wildman–Crippen MR) is 72.8 cm³/mol. The average Bonchev–Trinajstić information content (AvgIpc) is 2.36. The Morgan fingerprint density at radius 3 is 2.75 bits per heavy atom. The molecule has 0 aromatic heterocycles. The molecule has 8 heteroatoms. The highest BCUT2D eigenvalue weighted by Crippen LogP contribution is 2.20. The molecule has 0 saturated heterocycles. The zero-order valence-electron chi connectivity index (χ0n) is 10.6. The smallest absolute Gasteiger partial charge is 0.303 e. The van der Waals surface area contributed by atoms with Crippen molar-refractivity contribution in [2.45, 2.75) is 18.2 Å². The van der Waals surface area contributed by atoms with E-state index in [9.17, 15) is 13.2 Å². The van der Waals surface area contributed by atoms with Gasteiger partial charge < -0.3 is 5.11 Å². The van der Waals surface area contributed by atoms with Gasteiger partial charge in [-0.15, -0.1) is 0 Å². The molecule has 1 aromatic rings. The van der Waals surface area contributed by atoms with Crippen molar-refractivity contribution in [3.63, 3.8) is 0 Å². The van der Waals surface area contributed by atoms with Crippen molar-refractivity contribution < 1.29 is 18.3 Å². The van der Waals surface area contributed by atoms with Crippen LogP contribution in [0.3, 0.4) is 0 Å². The third-order valence-electron chi connectivity index (χ3n) is 2.50. The minimum atomic E-state index is -3.91. The third-order valence-corrected chi connectivity index (χ3v) is 4.20. The number of hydrogen-bond donors (Lipinski definition) is 2. The van der Waals surface area contributed by atoms with Crippen molar-refractivity contribution in [1.82, 2.24) is 4.72 Å². The minimum absolute atomic E-state index is 0.0206. The number of hydrogen-bond acceptors (Lipinski definition) is 4. The van der Waals surface area contributed by atoms with E-state index in [-0.39, 0.29) is 34.4 Å². The second-order valence-corrected chi connectivity index (χ2v) is 6.48. The Kier molecular flexibility index (Phi) is 5.51. The van der Waals surface area contributed by atoms with E-state index in [2.05, 4.69) is 4.72 Å². The van der Waals surface area contributed by atoms with Gasteiger partial charge in [0.1, 0.15) is 11.0 Å². The first-order chi connectivity index (χ1) is 9.26. The maximum atomic E-state index is 12.1. The lowest BCUT2D eigenvalue weighted by molar-refractivity contribution is -0.137. The van der Waals surface area contributed by atoms with Crippen molar-refractivity contribution in [1.29, 1.82) is 5.26 Å². The number of carbonyl (C=O) groups is 1. The highest BCUT2D eigenvalue weighted by molar-refractivity contribution is 7.89. The van der Waals surface area contributed by atoms with Gasteiger partial charge in [0.25, 0.3) is 0 Å². The summed E-state index contributed by atoms with van der Waals surface area (Å²) in [4.78, 5) is 10.3. The summed E-state index contributed by atoms with van der Waals surface area (Å²) in [5.41, 5.74) is -0.0206. The lowest BCUT2D eigenvalue weighted by atomic mass is 10.1. The molecule has 0 fully saturated rings. The summed E-state index contributed by atoms with van der Waals surface area (Å²) in [5.74, 6) is -1.37. The van der Waals surface area contributed by atoms with Crippen LogP contribution in [0.15, 0.2) is 23.1 Å². The number of benzene rings is 1. The molecule has 0 saturated carbocycles. The lowest BCUT2D eigenvalue weighted by Gasteiger charge is -2.12. The first-order valence-electron chi connectivity index (χ1n) is 5.67. The zero-order chi connectivity index (χ0) is 15.3. The van der Waals surface area contributed by atoms with E-state index >= 15 is 0 Å². The summed E-state index contributed by atoms with van der Waals surface area (Å²) in [6.07, 6.45) is -0.150. The molecule has 2 N–H and O–H groups in total. The maximum Gasteiger partial charge on any atom is 0.303 e. The summed E-state index contributed by atoms with van der Waals surface area (Å²) in [6, 6.07) is 5.70. The number of carboxylic acid groups (broad SMARTS) is 1. The molecule has 0 aliphatic rings. The number of sulfonamides is 1. The van der Waals surface area contributed by atoms with Crippen LogP contribution in [0.25, 0.3) is 0 Å². The van der Waals surface area contributed by atoms with Gasteiger partial charge in [-0.25, -0.2) is 13.1 Å². The van der Waals surface area contributed by atoms with Crippen molar-refractivity contribution in [2.24, 2.45) is 5.92 Å². The van der Waals surface area contributed by atoms with Gasteiger partial charge in [-0.2, -0.15) is 5.26 Å². The zero-order valence-corrected chi connectivity index (χ0v) is 12.2. The third kappa shape index (κ3) is 4.49. The Morgan fingerprint density at radius 2 is 2.20 bits per heavy atom. The average molecular weight is 317 g/mol. The molecule has 1 unspecified atom stereocenters.